The largest absolute Gasteiger partial charge is 0.351 e. The molecule has 0 radical (unpaired) electrons. The molecule has 1 saturated carbocycles. The summed E-state index contributed by atoms with van der Waals surface area (Å²) in [5, 5.41) is 3.39. The summed E-state index contributed by atoms with van der Waals surface area (Å²) in [7, 11) is 2.20. The van der Waals surface area contributed by atoms with E-state index in [2.05, 4.69) is 42.9 Å². The Bertz CT molecular complexity index is 424. The maximum absolute atomic E-state index is 12.6. The second kappa shape index (κ2) is 6.36. The van der Waals surface area contributed by atoms with Gasteiger partial charge >= 0.3 is 0 Å². The van der Waals surface area contributed by atoms with Gasteiger partial charge in [-0.3, -0.25) is 9.69 Å². The lowest BCUT2D eigenvalue weighted by atomic mass is 9.70. The Hall–Kier alpha value is -0.610. The molecule has 2 aliphatic heterocycles. The van der Waals surface area contributed by atoms with Crippen molar-refractivity contribution in [3.8, 4) is 0 Å². The molecule has 1 aliphatic carbocycles. The van der Waals surface area contributed by atoms with Crippen LogP contribution in [0.5, 0.6) is 0 Å². The predicted octanol–water partition coefficient (Wildman–Crippen LogP) is 2.49. The van der Waals surface area contributed by atoms with Gasteiger partial charge in [-0.2, -0.15) is 0 Å². The maximum Gasteiger partial charge on any atom is 0.226 e. The molecule has 1 amide bonds. The van der Waals surface area contributed by atoms with Gasteiger partial charge in [0.15, 0.2) is 0 Å². The van der Waals surface area contributed by atoms with Crippen LogP contribution in [0.15, 0.2) is 0 Å². The maximum atomic E-state index is 12.6. The van der Waals surface area contributed by atoms with E-state index in [9.17, 15) is 4.79 Å². The van der Waals surface area contributed by atoms with Crippen LogP contribution < -0.4 is 5.32 Å². The van der Waals surface area contributed by atoms with E-state index in [1.807, 2.05) is 0 Å². The van der Waals surface area contributed by atoms with Crippen LogP contribution in [-0.4, -0.2) is 60.5 Å². The van der Waals surface area contributed by atoms with Crippen molar-refractivity contribution in [2.45, 2.75) is 70.9 Å². The van der Waals surface area contributed by atoms with Gasteiger partial charge in [-0.05, 0) is 71.0 Å². The number of piperidine rings is 1. The Morgan fingerprint density at radius 3 is 2.13 bits per heavy atom. The topological polar surface area (TPSA) is 35.6 Å². The van der Waals surface area contributed by atoms with Gasteiger partial charge in [-0.15, -0.1) is 0 Å². The Kier molecular flexibility index (Phi) is 4.76. The minimum absolute atomic E-state index is 0.0283. The smallest absolute Gasteiger partial charge is 0.226 e. The van der Waals surface area contributed by atoms with Gasteiger partial charge in [0.25, 0.3) is 0 Å². The van der Waals surface area contributed by atoms with Crippen molar-refractivity contribution in [2.75, 3.05) is 33.2 Å². The lowest BCUT2D eigenvalue weighted by molar-refractivity contribution is -0.134. The van der Waals surface area contributed by atoms with E-state index in [0.717, 1.165) is 25.9 Å². The van der Waals surface area contributed by atoms with Crippen molar-refractivity contribution < 1.29 is 4.79 Å². The van der Waals surface area contributed by atoms with Crippen molar-refractivity contribution in [3.05, 3.63) is 0 Å². The second-order valence-electron chi connectivity index (χ2n) is 9.40. The number of rotatable bonds is 3. The summed E-state index contributed by atoms with van der Waals surface area (Å²) in [4.78, 5) is 17.5. The van der Waals surface area contributed by atoms with Gasteiger partial charge < -0.3 is 10.2 Å². The van der Waals surface area contributed by atoms with Gasteiger partial charge in [0.2, 0.25) is 5.91 Å². The van der Waals surface area contributed by atoms with Crippen LogP contribution in [0.1, 0.15) is 59.3 Å². The Balaban J connectivity index is 1.42. The van der Waals surface area contributed by atoms with Crippen LogP contribution in [0, 0.1) is 11.3 Å². The molecule has 0 aromatic carbocycles. The Morgan fingerprint density at radius 1 is 1.00 bits per heavy atom. The van der Waals surface area contributed by atoms with E-state index in [0.29, 0.717) is 17.4 Å². The zero-order valence-corrected chi connectivity index (χ0v) is 15.5. The van der Waals surface area contributed by atoms with Crippen molar-refractivity contribution in [2.24, 2.45) is 11.3 Å². The molecule has 4 heteroatoms. The van der Waals surface area contributed by atoms with E-state index in [-0.39, 0.29) is 11.5 Å². The SMILES string of the molecule is CN1CCC(N2CC(C(=O)NC3(C)CCC(C)(C)CC3)C2)CC1. The van der Waals surface area contributed by atoms with E-state index < -0.39 is 0 Å². The summed E-state index contributed by atoms with van der Waals surface area (Å²) in [6, 6.07) is 0.710. The molecular weight excluding hydrogens is 286 g/mol. The van der Waals surface area contributed by atoms with Crippen molar-refractivity contribution in [1.29, 1.82) is 0 Å². The van der Waals surface area contributed by atoms with Crippen molar-refractivity contribution in [3.63, 3.8) is 0 Å². The first kappa shape index (κ1) is 17.2. The number of nitrogens with zero attached hydrogens (tertiary/aromatic N) is 2. The number of amides is 1. The molecule has 0 aromatic heterocycles. The molecule has 3 fully saturated rings. The number of carbonyl (C=O) groups is 1. The normalized spacial score (nSPS) is 29.9. The lowest BCUT2D eigenvalue weighted by Crippen LogP contribution is -2.61. The number of likely N-dealkylation sites (tertiary alicyclic amines) is 2. The van der Waals surface area contributed by atoms with Crippen molar-refractivity contribution in [1.82, 2.24) is 15.1 Å². The quantitative estimate of drug-likeness (QED) is 0.867. The standard InChI is InChI=1S/C19H35N3O/c1-18(2)7-9-19(3,10-8-18)20-17(23)15-13-22(14-15)16-5-11-21(4)12-6-16/h15-16H,5-14H2,1-4H3,(H,20,23). The molecule has 1 N–H and O–H groups in total. The minimum atomic E-state index is 0.0283. The fraction of sp³-hybridized carbons (Fsp3) is 0.947. The number of hydrogen-bond acceptors (Lipinski definition) is 3. The molecule has 0 spiro atoms. The molecule has 0 unspecified atom stereocenters. The molecule has 3 rings (SSSR count). The summed E-state index contributed by atoms with van der Waals surface area (Å²) in [6.45, 7) is 11.3. The average molecular weight is 322 g/mol. The first-order valence-corrected chi connectivity index (χ1v) is 9.51. The molecule has 2 heterocycles. The van der Waals surface area contributed by atoms with Crippen molar-refractivity contribution >= 4 is 5.91 Å². The summed E-state index contributed by atoms with van der Waals surface area (Å²) in [6.07, 6.45) is 7.20. The highest BCUT2D eigenvalue weighted by Crippen LogP contribution is 2.40. The zero-order chi connectivity index (χ0) is 16.7. The fourth-order valence-corrected chi connectivity index (χ4v) is 4.34. The molecule has 132 valence electrons. The van der Waals surface area contributed by atoms with Gasteiger partial charge in [0, 0.05) is 24.7 Å². The second-order valence-corrected chi connectivity index (χ2v) is 9.40. The highest BCUT2D eigenvalue weighted by Gasteiger charge is 2.41. The van der Waals surface area contributed by atoms with E-state index in [1.54, 1.807) is 0 Å². The third-order valence-electron chi connectivity index (χ3n) is 6.62. The third-order valence-corrected chi connectivity index (χ3v) is 6.62. The number of hydrogen-bond donors (Lipinski definition) is 1. The van der Waals surface area contributed by atoms with Crippen LogP contribution in [-0.2, 0) is 4.79 Å². The zero-order valence-electron chi connectivity index (χ0n) is 15.5. The summed E-state index contributed by atoms with van der Waals surface area (Å²) >= 11 is 0. The molecule has 23 heavy (non-hydrogen) atoms. The van der Waals surface area contributed by atoms with Crippen LogP contribution in [0.2, 0.25) is 0 Å². The van der Waals surface area contributed by atoms with Gasteiger partial charge in [0.1, 0.15) is 0 Å². The first-order chi connectivity index (χ1) is 10.8. The summed E-state index contributed by atoms with van der Waals surface area (Å²) in [5.74, 6) is 0.526. The van der Waals surface area contributed by atoms with Gasteiger partial charge in [-0.25, -0.2) is 0 Å². The minimum Gasteiger partial charge on any atom is -0.351 e. The van der Waals surface area contributed by atoms with E-state index in [4.69, 9.17) is 0 Å². The van der Waals surface area contributed by atoms with Crippen LogP contribution in [0.3, 0.4) is 0 Å². The number of nitrogens with one attached hydrogen (secondary N) is 1. The third kappa shape index (κ3) is 4.08. The summed E-state index contributed by atoms with van der Waals surface area (Å²) in [5.41, 5.74) is 0.478. The molecule has 0 aromatic rings. The van der Waals surface area contributed by atoms with Gasteiger partial charge in [0.05, 0.1) is 5.92 Å². The molecule has 0 bridgehead atoms. The van der Waals surface area contributed by atoms with Crippen LogP contribution >= 0.6 is 0 Å². The Morgan fingerprint density at radius 2 is 1.57 bits per heavy atom. The fourth-order valence-electron chi connectivity index (χ4n) is 4.34. The summed E-state index contributed by atoms with van der Waals surface area (Å²) < 4.78 is 0. The lowest BCUT2D eigenvalue weighted by Gasteiger charge is -2.48. The van der Waals surface area contributed by atoms with Gasteiger partial charge in [-0.1, -0.05) is 13.8 Å². The van der Waals surface area contributed by atoms with Crippen LogP contribution in [0.4, 0.5) is 0 Å². The predicted molar refractivity (Wildman–Crippen MR) is 94.4 cm³/mol. The molecule has 3 aliphatic rings. The highest BCUT2D eigenvalue weighted by molar-refractivity contribution is 5.80. The number of carbonyl (C=O) groups excluding carboxylic acids is 1. The molecule has 4 nitrogen and oxygen atoms in total. The molecule has 0 atom stereocenters. The van der Waals surface area contributed by atoms with Crippen LogP contribution in [0.25, 0.3) is 0 Å². The highest BCUT2D eigenvalue weighted by atomic mass is 16.2. The Labute approximate surface area is 142 Å². The molecule has 2 saturated heterocycles. The average Bonchev–Trinajstić information content (AvgIpc) is 2.43. The monoisotopic (exact) mass is 321 g/mol. The first-order valence-electron chi connectivity index (χ1n) is 9.51. The van der Waals surface area contributed by atoms with E-state index >= 15 is 0 Å². The molecular formula is C19H35N3O. The van der Waals surface area contributed by atoms with E-state index in [1.165, 1.54) is 38.8 Å².